The van der Waals surface area contributed by atoms with Crippen LogP contribution in [0.1, 0.15) is 54.1 Å². The number of carbonyl (C=O) groups excluding carboxylic acids is 1. The summed E-state index contributed by atoms with van der Waals surface area (Å²) in [5, 5.41) is 1.06. The van der Waals surface area contributed by atoms with Gasteiger partial charge in [0.2, 0.25) is 0 Å². The fourth-order valence-corrected chi connectivity index (χ4v) is 3.83. The molecule has 2 rings (SSSR count). The Morgan fingerprint density at radius 2 is 1.62 bits per heavy atom. The summed E-state index contributed by atoms with van der Waals surface area (Å²) in [6.45, 7) is 6.98. The lowest BCUT2D eigenvalue weighted by Crippen LogP contribution is -2.05. The lowest BCUT2D eigenvalue weighted by atomic mass is 10.0. The third kappa shape index (κ3) is 5.46. The maximum atomic E-state index is 12.6. The van der Waals surface area contributed by atoms with Gasteiger partial charge in [0, 0.05) is 5.56 Å². The summed E-state index contributed by atoms with van der Waals surface area (Å²) in [4.78, 5) is 12.6. The van der Waals surface area contributed by atoms with E-state index in [0.29, 0.717) is 0 Å². The van der Waals surface area contributed by atoms with E-state index in [1.807, 2.05) is 56.3 Å². The lowest BCUT2D eigenvalue weighted by Gasteiger charge is -2.10. The van der Waals surface area contributed by atoms with Crippen molar-refractivity contribution in [2.45, 2.75) is 46.5 Å². The zero-order chi connectivity index (χ0) is 17.4. The van der Waals surface area contributed by atoms with E-state index in [1.165, 1.54) is 19.3 Å². The Morgan fingerprint density at radius 1 is 0.958 bits per heavy atom. The van der Waals surface area contributed by atoms with E-state index in [-0.39, 0.29) is 14.1 Å². The van der Waals surface area contributed by atoms with E-state index in [2.05, 4.69) is 6.92 Å². The van der Waals surface area contributed by atoms with Crippen LogP contribution in [0, 0.1) is 13.8 Å². The topological polar surface area (TPSA) is 26.3 Å². The Kier molecular flexibility index (Phi) is 7.46. The lowest BCUT2D eigenvalue weighted by molar-refractivity contribution is 0.108. The van der Waals surface area contributed by atoms with Crippen molar-refractivity contribution < 1.29 is 9.53 Å². The first-order valence-corrected chi connectivity index (χ1v) is 9.72. The molecule has 24 heavy (non-hydrogen) atoms. The molecule has 0 aliphatic rings. The second kappa shape index (κ2) is 9.59. The van der Waals surface area contributed by atoms with Gasteiger partial charge in [0.1, 0.15) is 5.75 Å². The number of hydrogen-bond acceptors (Lipinski definition) is 2. The first-order valence-electron chi connectivity index (χ1n) is 8.72. The quantitative estimate of drug-likeness (QED) is 0.450. The average molecular weight is 342 g/mol. The standard InChI is InChI=1S/C21H27O2P/c1-4-5-6-7-15-23-18-11-13-19(14-12-18)24-21(22)20-16(2)9-8-10-17(20)3/h8-14,24H,4-7,15H2,1-3H3. The zero-order valence-corrected chi connectivity index (χ0v) is 15.9. The molecular weight excluding hydrogens is 315 g/mol. The number of unbranched alkanes of at least 4 members (excludes halogenated alkanes) is 3. The molecule has 2 aromatic rings. The Bertz CT molecular complexity index is 642. The molecule has 0 saturated carbocycles. The van der Waals surface area contributed by atoms with E-state index in [1.54, 1.807) is 0 Å². The van der Waals surface area contributed by atoms with Crippen LogP contribution in [-0.2, 0) is 0 Å². The van der Waals surface area contributed by atoms with Crippen LogP contribution in [0.5, 0.6) is 5.75 Å². The van der Waals surface area contributed by atoms with Crippen molar-refractivity contribution in [3.63, 3.8) is 0 Å². The number of rotatable bonds is 9. The van der Waals surface area contributed by atoms with Gasteiger partial charge in [-0.25, -0.2) is 0 Å². The summed E-state index contributed by atoms with van der Waals surface area (Å²) < 4.78 is 5.75. The average Bonchev–Trinajstić information content (AvgIpc) is 2.56. The van der Waals surface area contributed by atoms with Crippen LogP contribution in [0.4, 0.5) is 0 Å². The molecule has 0 N–H and O–H groups in total. The summed E-state index contributed by atoms with van der Waals surface area (Å²) in [5.41, 5.74) is 3.19. The molecule has 2 aromatic carbocycles. The Hall–Kier alpha value is -1.66. The molecule has 0 saturated heterocycles. The highest BCUT2D eigenvalue weighted by Gasteiger charge is 2.12. The molecule has 0 radical (unpaired) electrons. The van der Waals surface area contributed by atoms with Gasteiger partial charge in [-0.15, -0.1) is 0 Å². The second-order valence-electron chi connectivity index (χ2n) is 6.15. The van der Waals surface area contributed by atoms with Crippen LogP contribution in [-0.4, -0.2) is 12.1 Å². The van der Waals surface area contributed by atoms with Gasteiger partial charge in [-0.05, 0) is 57.4 Å². The SMILES string of the molecule is CCCCCCOc1ccc(PC(=O)c2c(C)cccc2C)cc1. The fourth-order valence-electron chi connectivity index (χ4n) is 2.72. The Labute approximate surface area is 147 Å². The molecule has 0 spiro atoms. The molecule has 0 fully saturated rings. The van der Waals surface area contributed by atoms with E-state index >= 15 is 0 Å². The van der Waals surface area contributed by atoms with E-state index in [4.69, 9.17) is 4.74 Å². The van der Waals surface area contributed by atoms with Crippen molar-refractivity contribution >= 4 is 19.4 Å². The van der Waals surface area contributed by atoms with Crippen LogP contribution in [0.3, 0.4) is 0 Å². The second-order valence-corrected chi connectivity index (χ2v) is 7.44. The van der Waals surface area contributed by atoms with Gasteiger partial charge >= 0.3 is 0 Å². The van der Waals surface area contributed by atoms with E-state index in [9.17, 15) is 4.79 Å². The molecule has 0 heterocycles. The van der Waals surface area contributed by atoms with Crippen molar-refractivity contribution in [2.75, 3.05) is 6.61 Å². The summed E-state index contributed by atoms with van der Waals surface area (Å²) in [6, 6.07) is 14.0. The van der Waals surface area contributed by atoms with Crippen LogP contribution in [0.15, 0.2) is 42.5 Å². The zero-order valence-electron chi connectivity index (χ0n) is 14.9. The van der Waals surface area contributed by atoms with E-state index in [0.717, 1.165) is 40.8 Å². The molecule has 0 aromatic heterocycles. The molecular formula is C21H27O2P. The number of carbonyl (C=O) groups is 1. The molecule has 0 aliphatic carbocycles. The predicted octanol–water partition coefficient (Wildman–Crippen LogP) is 5.41. The maximum absolute atomic E-state index is 12.6. The van der Waals surface area contributed by atoms with Crippen LogP contribution in [0.25, 0.3) is 0 Å². The Morgan fingerprint density at radius 3 is 2.25 bits per heavy atom. The van der Waals surface area contributed by atoms with Gasteiger partial charge < -0.3 is 4.74 Å². The first kappa shape index (κ1) is 18.7. The molecule has 3 heteroatoms. The number of ether oxygens (including phenoxy) is 1. The van der Waals surface area contributed by atoms with Crippen LogP contribution in [0.2, 0.25) is 0 Å². The third-order valence-corrected chi connectivity index (χ3v) is 5.19. The molecule has 0 aliphatic heterocycles. The molecule has 2 nitrogen and oxygen atoms in total. The van der Waals surface area contributed by atoms with Gasteiger partial charge in [0.15, 0.2) is 5.52 Å². The van der Waals surface area contributed by atoms with E-state index < -0.39 is 0 Å². The van der Waals surface area contributed by atoms with Crippen molar-refractivity contribution in [1.82, 2.24) is 0 Å². The van der Waals surface area contributed by atoms with Crippen LogP contribution >= 0.6 is 8.58 Å². The van der Waals surface area contributed by atoms with Gasteiger partial charge in [-0.2, -0.15) is 0 Å². The smallest absolute Gasteiger partial charge is 0.186 e. The predicted molar refractivity (Wildman–Crippen MR) is 104 cm³/mol. The first-order chi connectivity index (χ1) is 11.6. The minimum atomic E-state index is 0.153. The normalized spacial score (nSPS) is 11.1. The maximum Gasteiger partial charge on any atom is 0.186 e. The highest BCUT2D eigenvalue weighted by Crippen LogP contribution is 2.24. The van der Waals surface area contributed by atoms with Gasteiger partial charge in [0.25, 0.3) is 0 Å². The summed E-state index contributed by atoms with van der Waals surface area (Å²) in [7, 11) is 0.153. The molecule has 1 atom stereocenters. The summed E-state index contributed by atoms with van der Waals surface area (Å²) >= 11 is 0. The minimum Gasteiger partial charge on any atom is -0.494 e. The van der Waals surface area contributed by atoms with Crippen molar-refractivity contribution in [2.24, 2.45) is 0 Å². The fraction of sp³-hybridized carbons (Fsp3) is 0.381. The molecule has 128 valence electrons. The molecule has 0 amide bonds. The Balaban J connectivity index is 1.90. The van der Waals surface area contributed by atoms with Gasteiger partial charge in [-0.3, -0.25) is 4.79 Å². The highest BCUT2D eigenvalue weighted by molar-refractivity contribution is 7.66. The third-order valence-electron chi connectivity index (χ3n) is 4.09. The largest absolute Gasteiger partial charge is 0.494 e. The van der Waals surface area contributed by atoms with Gasteiger partial charge in [0.05, 0.1) is 6.61 Å². The molecule has 1 unspecified atom stereocenters. The number of benzene rings is 2. The van der Waals surface area contributed by atoms with Crippen molar-refractivity contribution in [3.05, 3.63) is 59.2 Å². The number of hydrogen-bond donors (Lipinski definition) is 0. The monoisotopic (exact) mass is 342 g/mol. The highest BCUT2D eigenvalue weighted by atomic mass is 31.1. The minimum absolute atomic E-state index is 0.153. The number of aryl methyl sites for hydroxylation is 2. The van der Waals surface area contributed by atoms with Crippen LogP contribution < -0.4 is 10.0 Å². The van der Waals surface area contributed by atoms with Crippen molar-refractivity contribution in [1.29, 1.82) is 0 Å². The van der Waals surface area contributed by atoms with Gasteiger partial charge in [-0.1, -0.05) is 56.5 Å². The summed E-state index contributed by atoms with van der Waals surface area (Å²) in [5.74, 6) is 0.888. The summed E-state index contributed by atoms with van der Waals surface area (Å²) in [6.07, 6.45) is 4.83. The molecule has 0 bridgehead atoms. The van der Waals surface area contributed by atoms with Crippen molar-refractivity contribution in [3.8, 4) is 5.75 Å².